The molecular formula is C19H27N5O. The molecule has 6 heteroatoms. The number of amides is 1. The van der Waals surface area contributed by atoms with Crippen molar-refractivity contribution >= 4 is 5.91 Å². The number of carbonyl (C=O) groups is 1. The van der Waals surface area contributed by atoms with Crippen LogP contribution in [0.1, 0.15) is 30.0 Å². The molecule has 25 heavy (non-hydrogen) atoms. The molecule has 6 nitrogen and oxygen atoms in total. The molecule has 0 radical (unpaired) electrons. The molecule has 1 aliphatic rings. The van der Waals surface area contributed by atoms with Crippen molar-refractivity contribution in [2.24, 2.45) is 7.05 Å². The van der Waals surface area contributed by atoms with Gasteiger partial charge in [0.15, 0.2) is 0 Å². The maximum atomic E-state index is 12.6. The summed E-state index contributed by atoms with van der Waals surface area (Å²) in [5.74, 6) is 0.00191. The van der Waals surface area contributed by atoms with Crippen LogP contribution in [-0.2, 0) is 18.4 Å². The number of likely N-dealkylation sites (N-methyl/N-ethyl adjacent to an activating group) is 1. The zero-order valence-corrected chi connectivity index (χ0v) is 15.0. The van der Waals surface area contributed by atoms with Gasteiger partial charge >= 0.3 is 0 Å². The van der Waals surface area contributed by atoms with Gasteiger partial charge in [-0.2, -0.15) is 5.10 Å². The van der Waals surface area contributed by atoms with E-state index in [0.717, 1.165) is 25.1 Å². The van der Waals surface area contributed by atoms with Crippen molar-refractivity contribution in [3.63, 3.8) is 0 Å². The number of nitrogens with zero attached hydrogens (tertiary/aromatic N) is 3. The van der Waals surface area contributed by atoms with Crippen molar-refractivity contribution < 1.29 is 4.79 Å². The predicted octanol–water partition coefficient (Wildman–Crippen LogP) is 1.46. The molecule has 0 spiro atoms. The number of rotatable bonds is 7. The summed E-state index contributed by atoms with van der Waals surface area (Å²) < 4.78 is 1.71. The SMILES string of the molecule is CNC(C(=O)NCC1CCCN1Cc1ccccc1)c1cnn(C)c1. The Labute approximate surface area is 149 Å². The summed E-state index contributed by atoms with van der Waals surface area (Å²) in [4.78, 5) is 15.0. The molecule has 2 atom stereocenters. The minimum Gasteiger partial charge on any atom is -0.353 e. The van der Waals surface area contributed by atoms with Crippen molar-refractivity contribution in [2.75, 3.05) is 20.1 Å². The molecule has 1 saturated heterocycles. The Kier molecular flexibility index (Phi) is 5.83. The van der Waals surface area contributed by atoms with Crippen LogP contribution in [0.4, 0.5) is 0 Å². The summed E-state index contributed by atoms with van der Waals surface area (Å²) in [5, 5.41) is 10.4. The molecule has 2 heterocycles. The molecule has 1 aliphatic heterocycles. The Balaban J connectivity index is 1.55. The molecule has 2 N–H and O–H groups in total. The zero-order valence-electron chi connectivity index (χ0n) is 15.0. The van der Waals surface area contributed by atoms with Crippen LogP contribution in [0.3, 0.4) is 0 Å². The molecule has 1 aromatic heterocycles. The van der Waals surface area contributed by atoms with Crippen LogP contribution in [0.2, 0.25) is 0 Å². The van der Waals surface area contributed by atoms with Gasteiger partial charge in [-0.05, 0) is 32.0 Å². The van der Waals surface area contributed by atoms with Gasteiger partial charge in [0.1, 0.15) is 6.04 Å². The van der Waals surface area contributed by atoms with Crippen LogP contribution >= 0.6 is 0 Å². The van der Waals surface area contributed by atoms with E-state index in [4.69, 9.17) is 0 Å². The summed E-state index contributed by atoms with van der Waals surface area (Å²) in [5.41, 5.74) is 2.21. The van der Waals surface area contributed by atoms with Crippen molar-refractivity contribution in [2.45, 2.75) is 31.5 Å². The van der Waals surface area contributed by atoms with Gasteiger partial charge in [0.05, 0.1) is 6.20 Å². The Morgan fingerprint density at radius 1 is 1.36 bits per heavy atom. The lowest BCUT2D eigenvalue weighted by molar-refractivity contribution is -0.123. The number of hydrogen-bond donors (Lipinski definition) is 2. The van der Waals surface area contributed by atoms with Gasteiger partial charge in [0, 0.05) is 37.9 Å². The van der Waals surface area contributed by atoms with Gasteiger partial charge in [-0.3, -0.25) is 14.4 Å². The van der Waals surface area contributed by atoms with E-state index in [1.54, 1.807) is 17.9 Å². The number of likely N-dealkylation sites (tertiary alicyclic amines) is 1. The van der Waals surface area contributed by atoms with Crippen molar-refractivity contribution in [3.05, 3.63) is 53.9 Å². The van der Waals surface area contributed by atoms with E-state index in [0.29, 0.717) is 12.6 Å². The maximum absolute atomic E-state index is 12.6. The molecule has 0 bridgehead atoms. The fourth-order valence-corrected chi connectivity index (χ4v) is 3.51. The normalized spacial score (nSPS) is 19.0. The third-order valence-corrected chi connectivity index (χ3v) is 4.85. The van der Waals surface area contributed by atoms with E-state index in [1.807, 2.05) is 19.3 Å². The second-order valence-electron chi connectivity index (χ2n) is 6.67. The first kappa shape index (κ1) is 17.6. The first-order valence-electron chi connectivity index (χ1n) is 8.89. The first-order valence-corrected chi connectivity index (χ1v) is 8.89. The van der Waals surface area contributed by atoms with Gasteiger partial charge in [-0.25, -0.2) is 0 Å². The average Bonchev–Trinajstić information content (AvgIpc) is 3.24. The van der Waals surface area contributed by atoms with Gasteiger partial charge in [-0.15, -0.1) is 0 Å². The lowest BCUT2D eigenvalue weighted by Gasteiger charge is -2.25. The number of aromatic nitrogens is 2. The molecule has 2 unspecified atom stereocenters. The van der Waals surface area contributed by atoms with E-state index < -0.39 is 0 Å². The van der Waals surface area contributed by atoms with E-state index in [-0.39, 0.29) is 11.9 Å². The summed E-state index contributed by atoms with van der Waals surface area (Å²) in [7, 11) is 3.66. The second-order valence-corrected chi connectivity index (χ2v) is 6.67. The summed E-state index contributed by atoms with van der Waals surface area (Å²) in [6.07, 6.45) is 5.92. The highest BCUT2D eigenvalue weighted by Gasteiger charge is 2.26. The average molecular weight is 341 g/mol. The molecule has 3 rings (SSSR count). The van der Waals surface area contributed by atoms with Crippen LogP contribution in [0.15, 0.2) is 42.7 Å². The number of benzene rings is 1. The third-order valence-electron chi connectivity index (χ3n) is 4.85. The molecular weight excluding hydrogens is 314 g/mol. The van der Waals surface area contributed by atoms with Crippen LogP contribution in [0, 0.1) is 0 Å². The Morgan fingerprint density at radius 3 is 2.84 bits per heavy atom. The quantitative estimate of drug-likeness (QED) is 0.800. The maximum Gasteiger partial charge on any atom is 0.241 e. The van der Waals surface area contributed by atoms with Crippen molar-refractivity contribution in [1.82, 2.24) is 25.3 Å². The molecule has 1 aromatic carbocycles. The van der Waals surface area contributed by atoms with Crippen LogP contribution in [0.5, 0.6) is 0 Å². The second kappa shape index (κ2) is 8.27. The van der Waals surface area contributed by atoms with Crippen LogP contribution in [-0.4, -0.2) is 46.8 Å². The largest absolute Gasteiger partial charge is 0.353 e. The Morgan fingerprint density at radius 2 is 2.16 bits per heavy atom. The monoisotopic (exact) mass is 341 g/mol. The van der Waals surface area contributed by atoms with Crippen LogP contribution in [0.25, 0.3) is 0 Å². The van der Waals surface area contributed by atoms with Gasteiger partial charge in [0.2, 0.25) is 5.91 Å². The van der Waals surface area contributed by atoms with Gasteiger partial charge < -0.3 is 10.6 Å². The molecule has 0 saturated carbocycles. The number of hydrogen-bond acceptors (Lipinski definition) is 4. The highest BCUT2D eigenvalue weighted by Crippen LogP contribution is 2.20. The molecule has 134 valence electrons. The minimum absolute atomic E-state index is 0.00191. The molecule has 0 aliphatic carbocycles. The Bertz CT molecular complexity index is 684. The smallest absolute Gasteiger partial charge is 0.241 e. The van der Waals surface area contributed by atoms with E-state index in [2.05, 4.69) is 44.9 Å². The van der Waals surface area contributed by atoms with Crippen molar-refractivity contribution in [1.29, 1.82) is 0 Å². The summed E-state index contributed by atoms with van der Waals surface area (Å²) >= 11 is 0. The predicted molar refractivity (Wildman–Crippen MR) is 97.9 cm³/mol. The van der Waals surface area contributed by atoms with E-state index >= 15 is 0 Å². The minimum atomic E-state index is -0.363. The van der Waals surface area contributed by atoms with E-state index in [9.17, 15) is 4.79 Å². The van der Waals surface area contributed by atoms with Gasteiger partial charge in [0.25, 0.3) is 0 Å². The number of aryl methyl sites for hydroxylation is 1. The first-order chi connectivity index (χ1) is 12.2. The van der Waals surface area contributed by atoms with Gasteiger partial charge in [-0.1, -0.05) is 30.3 Å². The van der Waals surface area contributed by atoms with E-state index in [1.165, 1.54) is 12.0 Å². The third kappa shape index (κ3) is 4.46. The lowest BCUT2D eigenvalue weighted by Crippen LogP contribution is -2.43. The molecule has 1 fully saturated rings. The zero-order chi connectivity index (χ0) is 17.6. The topological polar surface area (TPSA) is 62.2 Å². The summed E-state index contributed by atoms with van der Waals surface area (Å²) in [6.45, 7) is 2.72. The number of carbonyl (C=O) groups excluding carboxylic acids is 1. The fraction of sp³-hybridized carbons (Fsp3) is 0.474. The lowest BCUT2D eigenvalue weighted by atomic mass is 10.1. The molecule has 1 amide bonds. The van der Waals surface area contributed by atoms with Crippen molar-refractivity contribution in [3.8, 4) is 0 Å². The summed E-state index contributed by atoms with van der Waals surface area (Å²) in [6, 6.07) is 10.6. The number of nitrogens with one attached hydrogen (secondary N) is 2. The van der Waals surface area contributed by atoms with Crippen LogP contribution < -0.4 is 10.6 Å². The fourth-order valence-electron chi connectivity index (χ4n) is 3.51. The highest BCUT2D eigenvalue weighted by molar-refractivity contribution is 5.83. The Hall–Kier alpha value is -2.18. The highest BCUT2D eigenvalue weighted by atomic mass is 16.2. The molecule has 2 aromatic rings. The standard InChI is InChI=1S/C19H27N5O/c1-20-18(16-11-22-23(2)14-16)19(25)21-12-17-9-6-10-24(17)13-15-7-4-3-5-8-15/h3-5,7-8,11,14,17-18,20H,6,9-10,12-13H2,1-2H3,(H,21,25).